The highest BCUT2D eigenvalue weighted by molar-refractivity contribution is 5.75. The maximum absolute atomic E-state index is 11.8. The molecule has 0 bridgehead atoms. The summed E-state index contributed by atoms with van der Waals surface area (Å²) >= 11 is 0. The second kappa shape index (κ2) is 6.63. The highest BCUT2D eigenvalue weighted by Gasteiger charge is 2.10. The Balaban J connectivity index is 2.31. The van der Waals surface area contributed by atoms with Gasteiger partial charge in [-0.1, -0.05) is 0 Å². The number of carbonyl (C=O) groups is 2. The molecule has 1 aromatic heterocycles. The van der Waals surface area contributed by atoms with E-state index in [9.17, 15) is 9.59 Å². The van der Waals surface area contributed by atoms with Crippen molar-refractivity contribution in [2.45, 2.75) is 19.4 Å². The summed E-state index contributed by atoms with van der Waals surface area (Å²) < 4.78 is 6.00. The van der Waals surface area contributed by atoms with Crippen molar-refractivity contribution in [3.05, 3.63) is 12.4 Å². The highest BCUT2D eigenvalue weighted by atomic mass is 16.5. The van der Waals surface area contributed by atoms with E-state index >= 15 is 0 Å². The van der Waals surface area contributed by atoms with Crippen LogP contribution in [0.5, 0.6) is 0 Å². The number of amides is 1. The Morgan fingerprint density at radius 2 is 2.28 bits per heavy atom. The molecule has 0 aliphatic rings. The third kappa shape index (κ3) is 4.44. The molecule has 1 amide bonds. The number of hydrogen-bond donors (Lipinski definition) is 1. The van der Waals surface area contributed by atoms with Gasteiger partial charge >= 0.3 is 5.97 Å². The highest BCUT2D eigenvalue weighted by Crippen LogP contribution is 2.00. The lowest BCUT2D eigenvalue weighted by Gasteiger charge is -2.16. The molecular formula is C11H18N4O3. The van der Waals surface area contributed by atoms with E-state index in [4.69, 9.17) is 5.73 Å². The summed E-state index contributed by atoms with van der Waals surface area (Å²) in [5.41, 5.74) is 6.02. The Bertz CT molecular complexity index is 416. The SMILES string of the molecule is COC(=O)CCCN(C)C(=O)Cn1cc(N)cn1. The minimum Gasteiger partial charge on any atom is -0.469 e. The summed E-state index contributed by atoms with van der Waals surface area (Å²) in [6, 6.07) is 0. The van der Waals surface area contributed by atoms with Crippen LogP contribution in [0.3, 0.4) is 0 Å². The number of esters is 1. The molecule has 0 spiro atoms. The first-order valence-corrected chi connectivity index (χ1v) is 5.61. The van der Waals surface area contributed by atoms with Crippen LogP contribution in [-0.2, 0) is 20.9 Å². The summed E-state index contributed by atoms with van der Waals surface area (Å²) in [4.78, 5) is 24.2. The molecule has 0 fully saturated rings. The number of nitrogen functional groups attached to an aromatic ring is 1. The van der Waals surface area contributed by atoms with Gasteiger partial charge in [0, 0.05) is 26.2 Å². The van der Waals surface area contributed by atoms with Crippen LogP contribution in [0.25, 0.3) is 0 Å². The van der Waals surface area contributed by atoms with Crippen LogP contribution >= 0.6 is 0 Å². The molecule has 0 saturated carbocycles. The summed E-state index contributed by atoms with van der Waals surface area (Å²) in [7, 11) is 3.03. The average molecular weight is 254 g/mol. The third-order valence-electron chi connectivity index (χ3n) is 2.48. The van der Waals surface area contributed by atoms with Gasteiger partial charge in [-0.15, -0.1) is 0 Å². The number of methoxy groups -OCH3 is 1. The van der Waals surface area contributed by atoms with Gasteiger partial charge in [0.1, 0.15) is 6.54 Å². The maximum Gasteiger partial charge on any atom is 0.305 e. The van der Waals surface area contributed by atoms with Crippen LogP contribution in [0.1, 0.15) is 12.8 Å². The zero-order valence-electron chi connectivity index (χ0n) is 10.6. The van der Waals surface area contributed by atoms with Crippen LogP contribution in [-0.4, -0.2) is 47.3 Å². The molecule has 7 heteroatoms. The van der Waals surface area contributed by atoms with Crippen LogP contribution in [0.15, 0.2) is 12.4 Å². The first kappa shape index (κ1) is 14.0. The molecule has 0 aliphatic heterocycles. The lowest BCUT2D eigenvalue weighted by molar-refractivity contribution is -0.141. The van der Waals surface area contributed by atoms with Crippen LogP contribution < -0.4 is 5.73 Å². The van der Waals surface area contributed by atoms with Crippen molar-refractivity contribution >= 4 is 17.6 Å². The van der Waals surface area contributed by atoms with Crippen molar-refractivity contribution < 1.29 is 14.3 Å². The van der Waals surface area contributed by atoms with Crippen molar-refractivity contribution in [2.75, 3.05) is 26.4 Å². The zero-order valence-corrected chi connectivity index (χ0v) is 10.6. The molecule has 2 N–H and O–H groups in total. The van der Waals surface area contributed by atoms with Gasteiger partial charge in [-0.3, -0.25) is 14.3 Å². The molecule has 0 unspecified atom stereocenters. The van der Waals surface area contributed by atoms with Gasteiger partial charge in [-0.25, -0.2) is 0 Å². The van der Waals surface area contributed by atoms with Crippen molar-refractivity contribution in [1.82, 2.24) is 14.7 Å². The van der Waals surface area contributed by atoms with Gasteiger partial charge in [-0.05, 0) is 6.42 Å². The minimum absolute atomic E-state index is 0.0806. The Morgan fingerprint density at radius 3 is 2.83 bits per heavy atom. The van der Waals surface area contributed by atoms with E-state index in [1.807, 2.05) is 0 Å². The van der Waals surface area contributed by atoms with E-state index in [1.54, 1.807) is 18.1 Å². The molecule has 100 valence electrons. The number of hydrogen-bond acceptors (Lipinski definition) is 5. The fourth-order valence-electron chi connectivity index (χ4n) is 1.41. The number of nitrogens with two attached hydrogens (primary N) is 1. The number of carbonyl (C=O) groups excluding carboxylic acids is 2. The van der Waals surface area contributed by atoms with Gasteiger partial charge in [0.2, 0.25) is 5.91 Å². The number of aromatic nitrogens is 2. The molecule has 0 atom stereocenters. The molecule has 1 aromatic rings. The summed E-state index contributed by atoms with van der Waals surface area (Å²) in [6.07, 6.45) is 3.98. The van der Waals surface area contributed by atoms with Gasteiger partial charge < -0.3 is 15.4 Å². The normalized spacial score (nSPS) is 10.1. The van der Waals surface area contributed by atoms with E-state index in [0.29, 0.717) is 25.1 Å². The molecule has 1 rings (SSSR count). The van der Waals surface area contributed by atoms with E-state index < -0.39 is 0 Å². The van der Waals surface area contributed by atoms with E-state index in [1.165, 1.54) is 18.0 Å². The monoisotopic (exact) mass is 254 g/mol. The van der Waals surface area contributed by atoms with Crippen LogP contribution in [0, 0.1) is 0 Å². The fraction of sp³-hybridized carbons (Fsp3) is 0.545. The van der Waals surface area contributed by atoms with E-state index in [-0.39, 0.29) is 18.4 Å². The van der Waals surface area contributed by atoms with E-state index in [0.717, 1.165) is 0 Å². The quantitative estimate of drug-likeness (QED) is 0.714. The van der Waals surface area contributed by atoms with Crippen molar-refractivity contribution in [3.63, 3.8) is 0 Å². The molecular weight excluding hydrogens is 236 g/mol. The number of nitrogens with zero attached hydrogens (tertiary/aromatic N) is 3. The third-order valence-corrected chi connectivity index (χ3v) is 2.48. The molecule has 7 nitrogen and oxygen atoms in total. The molecule has 0 saturated heterocycles. The number of likely N-dealkylation sites (N-methyl/N-ethyl adjacent to an activating group) is 1. The summed E-state index contributed by atoms with van der Waals surface area (Å²) in [6.45, 7) is 0.649. The molecule has 0 aliphatic carbocycles. The van der Waals surface area contributed by atoms with Crippen molar-refractivity contribution in [1.29, 1.82) is 0 Å². The number of rotatable bonds is 6. The summed E-state index contributed by atoms with van der Waals surface area (Å²) in [5, 5.41) is 3.93. The first-order valence-electron chi connectivity index (χ1n) is 5.61. The Labute approximate surface area is 105 Å². The van der Waals surface area contributed by atoms with Crippen molar-refractivity contribution in [3.8, 4) is 0 Å². The van der Waals surface area contributed by atoms with Gasteiger partial charge in [0.05, 0.1) is 19.0 Å². The van der Waals surface area contributed by atoms with Gasteiger partial charge in [0.15, 0.2) is 0 Å². The number of anilines is 1. The second-order valence-electron chi connectivity index (χ2n) is 3.97. The van der Waals surface area contributed by atoms with Crippen LogP contribution in [0.4, 0.5) is 5.69 Å². The predicted octanol–water partition coefficient (Wildman–Crippen LogP) is -0.123. The van der Waals surface area contributed by atoms with E-state index in [2.05, 4.69) is 9.84 Å². The largest absolute Gasteiger partial charge is 0.469 e. The molecule has 1 heterocycles. The van der Waals surface area contributed by atoms with Gasteiger partial charge in [0.25, 0.3) is 0 Å². The predicted molar refractivity (Wildman–Crippen MR) is 65.5 cm³/mol. The van der Waals surface area contributed by atoms with Crippen molar-refractivity contribution in [2.24, 2.45) is 0 Å². The Kier molecular flexibility index (Phi) is 5.16. The zero-order chi connectivity index (χ0) is 13.5. The second-order valence-corrected chi connectivity index (χ2v) is 3.97. The molecule has 18 heavy (non-hydrogen) atoms. The number of ether oxygens (including phenoxy) is 1. The topological polar surface area (TPSA) is 90.5 Å². The van der Waals surface area contributed by atoms with Crippen LogP contribution in [0.2, 0.25) is 0 Å². The molecule has 0 aromatic carbocycles. The van der Waals surface area contributed by atoms with Gasteiger partial charge in [-0.2, -0.15) is 5.10 Å². The molecule has 0 radical (unpaired) electrons. The lowest BCUT2D eigenvalue weighted by Crippen LogP contribution is -2.31. The lowest BCUT2D eigenvalue weighted by atomic mass is 10.3. The Morgan fingerprint density at radius 1 is 1.56 bits per heavy atom. The maximum atomic E-state index is 11.8. The standard InChI is InChI=1S/C11H18N4O3/c1-14(5-3-4-11(17)18-2)10(16)8-15-7-9(12)6-13-15/h6-7H,3-5,8,12H2,1-2H3. The first-order chi connectivity index (χ1) is 8.52. The fourth-order valence-corrected chi connectivity index (χ4v) is 1.41. The minimum atomic E-state index is -0.268. The smallest absolute Gasteiger partial charge is 0.305 e. The Hall–Kier alpha value is -2.05. The summed E-state index contributed by atoms with van der Waals surface area (Å²) in [5.74, 6) is -0.348. The average Bonchev–Trinajstić information content (AvgIpc) is 2.74.